The molecule has 2 aromatic rings. The molecule has 0 atom stereocenters. The highest BCUT2D eigenvalue weighted by Gasteiger charge is 2.00. The van der Waals surface area contributed by atoms with Gasteiger partial charge in [0.1, 0.15) is 0 Å². The third-order valence-corrected chi connectivity index (χ3v) is 2.75. The Kier molecular flexibility index (Phi) is 2.86. The molecule has 1 aromatic carbocycles. The Labute approximate surface area is 92.1 Å². The summed E-state index contributed by atoms with van der Waals surface area (Å²) in [6.45, 7) is 0.600. The zero-order valence-corrected chi connectivity index (χ0v) is 8.97. The van der Waals surface area contributed by atoms with Crippen molar-refractivity contribution in [1.82, 2.24) is 4.98 Å². The molecule has 15 heavy (non-hydrogen) atoms. The number of nitrogens with zero attached hydrogens (tertiary/aromatic N) is 1. The van der Waals surface area contributed by atoms with Gasteiger partial charge in [-0.25, -0.2) is 4.98 Å². The van der Waals surface area contributed by atoms with Crippen LogP contribution in [0.2, 0.25) is 0 Å². The third kappa shape index (κ3) is 2.27. The zero-order valence-electron chi connectivity index (χ0n) is 8.16. The molecule has 0 unspecified atom stereocenters. The average molecular weight is 217 g/mol. The maximum atomic E-state index is 5.62. The van der Waals surface area contributed by atoms with E-state index in [2.05, 4.69) is 16.8 Å². The molecule has 0 saturated heterocycles. The van der Waals surface area contributed by atoms with Gasteiger partial charge in [0.15, 0.2) is 5.13 Å². The van der Waals surface area contributed by atoms with Crippen LogP contribution in [0.15, 0.2) is 18.2 Å². The highest BCUT2D eigenvalue weighted by Crippen LogP contribution is 2.24. The monoisotopic (exact) mass is 217 g/mol. The molecule has 4 heteroatoms. The summed E-state index contributed by atoms with van der Waals surface area (Å²) in [5.41, 5.74) is 12.9. The molecule has 2 rings (SSSR count). The molecule has 76 valence electrons. The summed E-state index contributed by atoms with van der Waals surface area (Å²) in [4.78, 5) is 4.18. The van der Waals surface area contributed by atoms with Gasteiger partial charge in [-0.05, 0) is 18.2 Å². The molecule has 0 amide bonds. The van der Waals surface area contributed by atoms with Crippen LogP contribution >= 0.6 is 11.3 Å². The molecule has 0 aliphatic heterocycles. The Morgan fingerprint density at radius 2 is 2.27 bits per heavy atom. The maximum Gasteiger partial charge on any atom is 0.181 e. The second kappa shape index (κ2) is 4.30. The van der Waals surface area contributed by atoms with E-state index in [1.807, 2.05) is 18.2 Å². The molecule has 0 aliphatic carbocycles. The summed E-state index contributed by atoms with van der Waals surface area (Å²) in [7, 11) is 0. The molecular weight excluding hydrogens is 206 g/mol. The van der Waals surface area contributed by atoms with Gasteiger partial charge >= 0.3 is 0 Å². The molecule has 0 spiro atoms. The summed E-state index contributed by atoms with van der Waals surface area (Å²) in [6.07, 6.45) is 0.725. The van der Waals surface area contributed by atoms with Crippen molar-refractivity contribution in [3.05, 3.63) is 23.8 Å². The van der Waals surface area contributed by atoms with Crippen LogP contribution in [0.5, 0.6) is 0 Å². The first-order chi connectivity index (χ1) is 7.29. The van der Waals surface area contributed by atoms with Crippen LogP contribution in [0.25, 0.3) is 10.2 Å². The normalized spacial score (nSPS) is 9.93. The summed E-state index contributed by atoms with van der Waals surface area (Å²) < 4.78 is 1.08. The van der Waals surface area contributed by atoms with Crippen LogP contribution in [-0.2, 0) is 0 Å². The molecule has 0 saturated carbocycles. The van der Waals surface area contributed by atoms with E-state index in [-0.39, 0.29) is 0 Å². The number of hydrogen-bond acceptors (Lipinski definition) is 4. The number of benzene rings is 1. The van der Waals surface area contributed by atoms with Crippen molar-refractivity contribution < 1.29 is 0 Å². The van der Waals surface area contributed by atoms with Gasteiger partial charge in [0.05, 0.1) is 10.2 Å². The highest BCUT2D eigenvalue weighted by molar-refractivity contribution is 7.22. The largest absolute Gasteiger partial charge is 0.375 e. The van der Waals surface area contributed by atoms with E-state index in [1.165, 1.54) is 11.3 Å². The summed E-state index contributed by atoms with van der Waals surface area (Å²) in [6, 6.07) is 5.90. The molecule has 0 fully saturated rings. The van der Waals surface area contributed by atoms with E-state index in [9.17, 15) is 0 Å². The van der Waals surface area contributed by atoms with Crippen LogP contribution in [0.1, 0.15) is 12.0 Å². The van der Waals surface area contributed by atoms with Crippen molar-refractivity contribution in [2.24, 2.45) is 5.73 Å². The van der Waals surface area contributed by atoms with Crippen LogP contribution in [0, 0.1) is 11.8 Å². The van der Waals surface area contributed by atoms with Crippen LogP contribution in [0.3, 0.4) is 0 Å². The first kappa shape index (κ1) is 9.97. The predicted molar refractivity (Wildman–Crippen MR) is 64.6 cm³/mol. The minimum atomic E-state index is 0.595. The zero-order chi connectivity index (χ0) is 10.7. The summed E-state index contributed by atoms with van der Waals surface area (Å²) in [5, 5.41) is 0.595. The number of nitrogens with two attached hydrogens (primary N) is 2. The molecule has 1 aromatic heterocycles. The SMILES string of the molecule is NCCC#Cc1ccc2nc(N)sc2c1. The number of rotatable bonds is 1. The van der Waals surface area contributed by atoms with Gasteiger partial charge in [-0.2, -0.15) is 0 Å². The van der Waals surface area contributed by atoms with Gasteiger partial charge in [0.2, 0.25) is 0 Å². The minimum Gasteiger partial charge on any atom is -0.375 e. The van der Waals surface area contributed by atoms with Crippen LogP contribution in [0.4, 0.5) is 5.13 Å². The standard InChI is InChI=1S/C11H11N3S/c12-6-2-1-3-8-4-5-9-10(7-8)15-11(13)14-9/h4-5,7H,2,6,12H2,(H2,13,14). The number of fused-ring (bicyclic) bond motifs is 1. The lowest BCUT2D eigenvalue weighted by Gasteiger charge is -1.89. The van der Waals surface area contributed by atoms with E-state index < -0.39 is 0 Å². The fourth-order valence-electron chi connectivity index (χ4n) is 1.26. The lowest BCUT2D eigenvalue weighted by Crippen LogP contribution is -1.95. The van der Waals surface area contributed by atoms with E-state index >= 15 is 0 Å². The molecule has 0 radical (unpaired) electrons. The fraction of sp³-hybridized carbons (Fsp3) is 0.182. The fourth-order valence-corrected chi connectivity index (χ4v) is 2.03. The molecule has 3 nitrogen and oxygen atoms in total. The van der Waals surface area contributed by atoms with Crippen molar-refractivity contribution in [3.8, 4) is 11.8 Å². The Morgan fingerprint density at radius 1 is 1.40 bits per heavy atom. The summed E-state index contributed by atoms with van der Waals surface area (Å²) >= 11 is 1.48. The van der Waals surface area contributed by atoms with E-state index in [0.29, 0.717) is 11.7 Å². The highest BCUT2D eigenvalue weighted by atomic mass is 32.1. The number of hydrogen-bond donors (Lipinski definition) is 2. The van der Waals surface area contributed by atoms with E-state index in [0.717, 1.165) is 22.2 Å². The second-order valence-electron chi connectivity index (χ2n) is 3.08. The Morgan fingerprint density at radius 3 is 3.07 bits per heavy atom. The van der Waals surface area contributed by atoms with E-state index in [1.54, 1.807) is 0 Å². The Balaban J connectivity index is 2.35. The van der Waals surface area contributed by atoms with Crippen molar-refractivity contribution in [1.29, 1.82) is 0 Å². The smallest absolute Gasteiger partial charge is 0.181 e. The predicted octanol–water partition coefficient (Wildman–Crippen LogP) is 1.58. The van der Waals surface area contributed by atoms with Gasteiger partial charge in [0.25, 0.3) is 0 Å². The van der Waals surface area contributed by atoms with Gasteiger partial charge in [-0.15, -0.1) is 0 Å². The minimum absolute atomic E-state index is 0.595. The lowest BCUT2D eigenvalue weighted by atomic mass is 10.2. The van der Waals surface area contributed by atoms with Gasteiger partial charge in [-0.1, -0.05) is 23.2 Å². The summed E-state index contributed by atoms with van der Waals surface area (Å²) in [5.74, 6) is 6.06. The average Bonchev–Trinajstić information content (AvgIpc) is 2.57. The van der Waals surface area contributed by atoms with Crippen molar-refractivity contribution >= 4 is 26.7 Å². The van der Waals surface area contributed by atoms with Crippen molar-refractivity contribution in [2.75, 3.05) is 12.3 Å². The van der Waals surface area contributed by atoms with Crippen LogP contribution < -0.4 is 11.5 Å². The van der Waals surface area contributed by atoms with E-state index in [4.69, 9.17) is 11.5 Å². The van der Waals surface area contributed by atoms with Gasteiger partial charge in [-0.3, -0.25) is 0 Å². The quantitative estimate of drug-likeness (QED) is 0.713. The van der Waals surface area contributed by atoms with Gasteiger partial charge < -0.3 is 11.5 Å². The van der Waals surface area contributed by atoms with Crippen molar-refractivity contribution in [2.45, 2.75) is 6.42 Å². The molecule has 0 bridgehead atoms. The lowest BCUT2D eigenvalue weighted by molar-refractivity contribution is 1.03. The molecule has 4 N–H and O–H groups in total. The number of aromatic nitrogens is 1. The molecular formula is C11H11N3S. The third-order valence-electron chi connectivity index (χ3n) is 1.91. The first-order valence-electron chi connectivity index (χ1n) is 4.64. The number of anilines is 1. The Hall–Kier alpha value is -1.57. The first-order valence-corrected chi connectivity index (χ1v) is 5.46. The van der Waals surface area contributed by atoms with Gasteiger partial charge in [0, 0.05) is 18.5 Å². The topological polar surface area (TPSA) is 64.9 Å². The second-order valence-corrected chi connectivity index (χ2v) is 4.14. The number of thiazole rings is 1. The van der Waals surface area contributed by atoms with Crippen LogP contribution in [-0.4, -0.2) is 11.5 Å². The Bertz CT molecular complexity index is 533. The number of nitrogen functional groups attached to an aromatic ring is 1. The molecule has 1 heterocycles. The molecule has 0 aliphatic rings. The van der Waals surface area contributed by atoms with Crippen molar-refractivity contribution in [3.63, 3.8) is 0 Å². The maximum absolute atomic E-state index is 5.62.